The fourth-order valence-electron chi connectivity index (χ4n) is 2.86. The van der Waals surface area contributed by atoms with E-state index in [1.54, 1.807) is 18.2 Å². The number of carboxylic acid groups (broad SMARTS) is 1. The molecule has 0 amide bonds. The molecule has 0 unspecified atom stereocenters. The fraction of sp³-hybridized carbons (Fsp3) is 0.235. The second-order valence-corrected chi connectivity index (χ2v) is 8.34. The van der Waals surface area contributed by atoms with Crippen molar-refractivity contribution in [2.24, 2.45) is 0 Å². The standard InChI is InChI=1S/C17H16BrNO4S/c18-13-6-8-16(15(10-13)17(20)21)19-24(22,23)14-7-5-11-3-1-2-4-12(11)9-14/h5-10,19H,1-4H2,(H,20,21). The number of hydrogen-bond donors (Lipinski definition) is 2. The highest BCUT2D eigenvalue weighted by Gasteiger charge is 2.20. The molecule has 24 heavy (non-hydrogen) atoms. The molecule has 0 aliphatic heterocycles. The Balaban J connectivity index is 1.96. The van der Waals surface area contributed by atoms with Crippen LogP contribution < -0.4 is 4.72 Å². The van der Waals surface area contributed by atoms with Crippen LogP contribution in [-0.4, -0.2) is 19.5 Å². The minimum atomic E-state index is -3.84. The van der Waals surface area contributed by atoms with Crippen molar-refractivity contribution >= 4 is 37.6 Å². The van der Waals surface area contributed by atoms with E-state index in [0.717, 1.165) is 31.2 Å². The average molecular weight is 410 g/mol. The molecule has 3 rings (SSSR count). The van der Waals surface area contributed by atoms with E-state index in [0.29, 0.717) is 4.47 Å². The number of rotatable bonds is 4. The summed E-state index contributed by atoms with van der Waals surface area (Å²) < 4.78 is 28.2. The van der Waals surface area contributed by atoms with Gasteiger partial charge in [0.05, 0.1) is 16.1 Å². The molecule has 0 radical (unpaired) electrons. The third kappa shape index (κ3) is 3.47. The minimum absolute atomic E-state index is 0.0448. The summed E-state index contributed by atoms with van der Waals surface area (Å²) in [7, 11) is -3.84. The second kappa shape index (κ2) is 6.57. The Kier molecular flexibility index (Phi) is 4.64. The maximum absolute atomic E-state index is 12.6. The van der Waals surface area contributed by atoms with Gasteiger partial charge in [0.1, 0.15) is 0 Å². The van der Waals surface area contributed by atoms with Crippen LogP contribution in [0, 0.1) is 0 Å². The summed E-state index contributed by atoms with van der Waals surface area (Å²) in [6.45, 7) is 0. The Morgan fingerprint density at radius 1 is 1.04 bits per heavy atom. The SMILES string of the molecule is O=C(O)c1cc(Br)ccc1NS(=O)(=O)c1ccc2c(c1)CCCC2. The van der Waals surface area contributed by atoms with Crippen LogP contribution in [-0.2, 0) is 22.9 Å². The van der Waals surface area contributed by atoms with Crippen LogP contribution in [0.5, 0.6) is 0 Å². The topological polar surface area (TPSA) is 83.5 Å². The van der Waals surface area contributed by atoms with Gasteiger partial charge in [-0.05, 0) is 67.1 Å². The number of halogens is 1. The van der Waals surface area contributed by atoms with Crippen molar-refractivity contribution < 1.29 is 18.3 Å². The zero-order valence-corrected chi connectivity index (χ0v) is 15.2. The van der Waals surface area contributed by atoms with Gasteiger partial charge in [-0.15, -0.1) is 0 Å². The van der Waals surface area contributed by atoms with Gasteiger partial charge < -0.3 is 5.11 Å². The van der Waals surface area contributed by atoms with Crippen LogP contribution in [0.25, 0.3) is 0 Å². The summed E-state index contributed by atoms with van der Waals surface area (Å²) >= 11 is 3.19. The van der Waals surface area contributed by atoms with Crippen molar-refractivity contribution in [3.05, 3.63) is 57.6 Å². The van der Waals surface area contributed by atoms with Crippen molar-refractivity contribution in [3.8, 4) is 0 Å². The Morgan fingerprint density at radius 3 is 2.46 bits per heavy atom. The molecule has 2 aromatic rings. The first-order valence-electron chi connectivity index (χ1n) is 7.54. The van der Waals surface area contributed by atoms with Crippen LogP contribution >= 0.6 is 15.9 Å². The van der Waals surface area contributed by atoms with Gasteiger partial charge in [-0.3, -0.25) is 4.72 Å². The predicted octanol–water partition coefficient (Wildman–Crippen LogP) is 3.83. The van der Waals surface area contributed by atoms with Crippen LogP contribution in [0.15, 0.2) is 45.8 Å². The molecule has 2 aromatic carbocycles. The maximum Gasteiger partial charge on any atom is 0.337 e. The van der Waals surface area contributed by atoms with Gasteiger partial charge in [-0.1, -0.05) is 22.0 Å². The van der Waals surface area contributed by atoms with Crippen LogP contribution in [0.1, 0.15) is 34.3 Å². The highest BCUT2D eigenvalue weighted by atomic mass is 79.9. The Hall–Kier alpha value is -1.86. The summed E-state index contributed by atoms with van der Waals surface area (Å²) in [5.74, 6) is -1.19. The van der Waals surface area contributed by atoms with Gasteiger partial charge >= 0.3 is 5.97 Å². The quantitative estimate of drug-likeness (QED) is 0.803. The van der Waals surface area contributed by atoms with Crippen molar-refractivity contribution in [2.75, 3.05) is 4.72 Å². The molecule has 1 aliphatic rings. The lowest BCUT2D eigenvalue weighted by Gasteiger charge is -2.17. The number of carboxylic acids is 1. The summed E-state index contributed by atoms with van der Waals surface area (Å²) in [6, 6.07) is 9.51. The molecular weight excluding hydrogens is 394 g/mol. The van der Waals surface area contributed by atoms with Crippen LogP contribution in [0.2, 0.25) is 0 Å². The lowest BCUT2D eigenvalue weighted by Crippen LogP contribution is -2.16. The summed E-state index contributed by atoms with van der Waals surface area (Å²) in [6.07, 6.45) is 4.02. The Bertz CT molecular complexity index is 909. The first-order chi connectivity index (χ1) is 11.4. The number of fused-ring (bicyclic) bond motifs is 1. The number of nitrogens with one attached hydrogen (secondary N) is 1. The molecule has 0 bridgehead atoms. The van der Waals surface area contributed by atoms with E-state index < -0.39 is 16.0 Å². The fourth-order valence-corrected chi connectivity index (χ4v) is 4.35. The molecule has 0 spiro atoms. The van der Waals surface area contributed by atoms with Gasteiger partial charge in [-0.25, -0.2) is 13.2 Å². The number of hydrogen-bond acceptors (Lipinski definition) is 3. The number of anilines is 1. The molecule has 126 valence electrons. The highest BCUT2D eigenvalue weighted by molar-refractivity contribution is 9.10. The van der Waals surface area contributed by atoms with E-state index in [9.17, 15) is 18.3 Å². The first-order valence-corrected chi connectivity index (χ1v) is 9.82. The maximum atomic E-state index is 12.6. The molecule has 0 fully saturated rings. The van der Waals surface area contributed by atoms with Crippen LogP contribution in [0.4, 0.5) is 5.69 Å². The first kappa shape index (κ1) is 17.0. The molecule has 7 heteroatoms. The summed E-state index contributed by atoms with van der Waals surface area (Å²) in [4.78, 5) is 11.5. The van der Waals surface area contributed by atoms with E-state index in [1.807, 2.05) is 6.07 Å². The molecule has 0 aromatic heterocycles. The Morgan fingerprint density at radius 2 is 1.75 bits per heavy atom. The van der Waals surface area contributed by atoms with Crippen molar-refractivity contribution in [1.82, 2.24) is 0 Å². The third-order valence-electron chi connectivity index (χ3n) is 4.09. The van der Waals surface area contributed by atoms with E-state index in [4.69, 9.17) is 0 Å². The van der Waals surface area contributed by atoms with Crippen molar-refractivity contribution in [2.45, 2.75) is 30.6 Å². The molecular formula is C17H16BrNO4S. The Labute approximate surface area is 148 Å². The van der Waals surface area contributed by atoms with Gasteiger partial charge in [0.25, 0.3) is 10.0 Å². The lowest BCUT2D eigenvalue weighted by molar-refractivity contribution is 0.0698. The van der Waals surface area contributed by atoms with Crippen molar-refractivity contribution in [1.29, 1.82) is 0 Å². The average Bonchev–Trinajstić information content (AvgIpc) is 2.55. The van der Waals surface area contributed by atoms with E-state index in [2.05, 4.69) is 20.7 Å². The van der Waals surface area contributed by atoms with Gasteiger partial charge in [0, 0.05) is 4.47 Å². The van der Waals surface area contributed by atoms with E-state index in [-0.39, 0.29) is 16.1 Å². The second-order valence-electron chi connectivity index (χ2n) is 5.74. The third-order valence-corrected chi connectivity index (χ3v) is 5.94. The predicted molar refractivity (Wildman–Crippen MR) is 95.0 cm³/mol. The molecule has 0 heterocycles. The van der Waals surface area contributed by atoms with Gasteiger partial charge in [0.15, 0.2) is 0 Å². The zero-order valence-electron chi connectivity index (χ0n) is 12.8. The van der Waals surface area contributed by atoms with E-state index >= 15 is 0 Å². The van der Waals surface area contributed by atoms with E-state index in [1.165, 1.54) is 17.7 Å². The summed E-state index contributed by atoms with van der Waals surface area (Å²) in [5.41, 5.74) is 2.18. The number of aryl methyl sites for hydroxylation is 2. The molecule has 0 saturated carbocycles. The monoisotopic (exact) mass is 409 g/mol. The highest BCUT2D eigenvalue weighted by Crippen LogP contribution is 2.27. The smallest absolute Gasteiger partial charge is 0.337 e. The largest absolute Gasteiger partial charge is 0.478 e. The minimum Gasteiger partial charge on any atom is -0.478 e. The molecule has 0 atom stereocenters. The van der Waals surface area contributed by atoms with Gasteiger partial charge in [0.2, 0.25) is 0 Å². The number of aromatic carboxylic acids is 1. The number of sulfonamides is 1. The normalized spacial score (nSPS) is 14.0. The number of carbonyl (C=O) groups is 1. The molecule has 5 nitrogen and oxygen atoms in total. The molecule has 1 aliphatic carbocycles. The number of benzene rings is 2. The molecule has 0 saturated heterocycles. The zero-order chi connectivity index (χ0) is 17.3. The lowest BCUT2D eigenvalue weighted by atomic mass is 9.92. The van der Waals surface area contributed by atoms with Crippen LogP contribution in [0.3, 0.4) is 0 Å². The van der Waals surface area contributed by atoms with Crippen molar-refractivity contribution in [3.63, 3.8) is 0 Å². The molecule has 2 N–H and O–H groups in total. The summed E-state index contributed by atoms with van der Waals surface area (Å²) in [5, 5.41) is 9.26. The van der Waals surface area contributed by atoms with Gasteiger partial charge in [-0.2, -0.15) is 0 Å².